The van der Waals surface area contributed by atoms with Crippen molar-refractivity contribution in [2.45, 2.75) is 91.1 Å². The zero-order valence-electron chi connectivity index (χ0n) is 24.6. The largest absolute Gasteiger partial charge is 0.494 e. The molecule has 0 bridgehead atoms. The third-order valence-electron chi connectivity index (χ3n) is 6.98. The summed E-state index contributed by atoms with van der Waals surface area (Å²) in [5, 5.41) is 0. The van der Waals surface area contributed by atoms with E-state index in [2.05, 4.69) is 20.8 Å². The fourth-order valence-corrected chi connectivity index (χ4v) is 4.48. The maximum absolute atomic E-state index is 14.8. The number of hydrogen-bond acceptors (Lipinski definition) is 5. The molecule has 0 spiro atoms. The Kier molecular flexibility index (Phi) is 13.4. The highest BCUT2D eigenvalue weighted by molar-refractivity contribution is 5.92. The van der Waals surface area contributed by atoms with Gasteiger partial charge in [0.05, 0.1) is 17.7 Å². The van der Waals surface area contributed by atoms with E-state index >= 15 is 0 Å². The maximum Gasteiger partial charge on any atom is 0.343 e. The molecule has 0 radical (unpaired) electrons. The van der Waals surface area contributed by atoms with E-state index in [1.54, 1.807) is 12.1 Å². The number of unbranched alkanes of at least 4 members (excludes halogenated alkanes) is 5. The minimum absolute atomic E-state index is 0.0950. The van der Waals surface area contributed by atoms with Crippen LogP contribution >= 0.6 is 0 Å². The molecule has 0 atom stereocenters. The molecule has 0 amide bonds. The Hall–Kier alpha value is -3.67. The number of carbonyl (C=O) groups excluding carboxylic acids is 2. The third kappa shape index (κ3) is 10.3. The standard InChI is InChI=1S/C35H43FO5/c1-4-7-10-11-24-39-30-21-18-27(19-22-30)26-14-16-28(17-15-26)34(37)41-33-23-20-29(25-32(33)36)35(38)40-31(12-8-5-2)13-9-6-3/h14-23,25,31H,4-13,24H2,1-3H3. The zero-order chi connectivity index (χ0) is 29.5. The van der Waals surface area contributed by atoms with Crippen molar-refractivity contribution in [2.24, 2.45) is 0 Å². The molecule has 0 aliphatic rings. The molecular weight excluding hydrogens is 519 g/mol. The molecule has 3 aromatic carbocycles. The van der Waals surface area contributed by atoms with Crippen LogP contribution in [0.15, 0.2) is 66.7 Å². The van der Waals surface area contributed by atoms with E-state index in [-0.39, 0.29) is 17.4 Å². The van der Waals surface area contributed by atoms with E-state index in [4.69, 9.17) is 14.2 Å². The number of esters is 2. The van der Waals surface area contributed by atoms with Gasteiger partial charge in [0.15, 0.2) is 11.6 Å². The summed E-state index contributed by atoms with van der Waals surface area (Å²) in [5.41, 5.74) is 2.31. The van der Waals surface area contributed by atoms with E-state index in [1.807, 2.05) is 36.4 Å². The molecule has 3 rings (SSSR count). The van der Waals surface area contributed by atoms with Gasteiger partial charge < -0.3 is 14.2 Å². The van der Waals surface area contributed by atoms with Crippen LogP contribution in [0.1, 0.15) is 106 Å². The van der Waals surface area contributed by atoms with Crippen LogP contribution in [0.4, 0.5) is 4.39 Å². The average molecular weight is 563 g/mol. The highest BCUT2D eigenvalue weighted by atomic mass is 19.1. The molecule has 0 saturated heterocycles. The van der Waals surface area contributed by atoms with Gasteiger partial charge in [-0.05, 0) is 72.9 Å². The molecule has 0 unspecified atom stereocenters. The normalized spacial score (nSPS) is 11.0. The van der Waals surface area contributed by atoms with Crippen molar-refractivity contribution in [3.05, 3.63) is 83.7 Å². The van der Waals surface area contributed by atoms with Crippen LogP contribution < -0.4 is 9.47 Å². The lowest BCUT2D eigenvalue weighted by molar-refractivity contribution is 0.0250. The van der Waals surface area contributed by atoms with Crippen LogP contribution in [0.25, 0.3) is 11.1 Å². The Bertz CT molecular complexity index is 1210. The number of halogens is 1. The predicted molar refractivity (Wildman–Crippen MR) is 161 cm³/mol. The summed E-state index contributed by atoms with van der Waals surface area (Å²) in [6.07, 6.45) is 10.0. The van der Waals surface area contributed by atoms with Gasteiger partial charge in [0.2, 0.25) is 0 Å². The fraction of sp³-hybridized carbons (Fsp3) is 0.429. The summed E-state index contributed by atoms with van der Waals surface area (Å²) in [6.45, 7) is 7.08. The summed E-state index contributed by atoms with van der Waals surface area (Å²) in [4.78, 5) is 25.3. The van der Waals surface area contributed by atoms with Crippen LogP contribution in [0.2, 0.25) is 0 Å². The number of carbonyl (C=O) groups is 2. The lowest BCUT2D eigenvalue weighted by Crippen LogP contribution is -2.19. The summed E-state index contributed by atoms with van der Waals surface area (Å²) in [6, 6.07) is 18.5. The van der Waals surface area contributed by atoms with Crippen LogP contribution in [0, 0.1) is 5.82 Å². The minimum Gasteiger partial charge on any atom is -0.494 e. The molecule has 220 valence electrons. The molecule has 0 aromatic heterocycles. The first kappa shape index (κ1) is 31.9. The summed E-state index contributed by atoms with van der Waals surface area (Å²) < 4.78 is 31.5. The number of hydrogen-bond donors (Lipinski definition) is 0. The van der Waals surface area contributed by atoms with Crippen molar-refractivity contribution in [3.63, 3.8) is 0 Å². The summed E-state index contributed by atoms with van der Waals surface area (Å²) in [7, 11) is 0. The Balaban J connectivity index is 1.56. The predicted octanol–water partition coefficient (Wildman–Crippen LogP) is 9.58. The first-order valence-corrected chi connectivity index (χ1v) is 15.0. The second-order valence-electron chi connectivity index (χ2n) is 10.4. The molecule has 3 aromatic rings. The SMILES string of the molecule is CCCCCCOc1ccc(-c2ccc(C(=O)Oc3ccc(C(=O)OC(CCCC)CCCC)cc3F)cc2)cc1. The molecule has 0 fully saturated rings. The van der Waals surface area contributed by atoms with Crippen LogP contribution in [0.3, 0.4) is 0 Å². The summed E-state index contributed by atoms with van der Waals surface area (Å²) in [5.74, 6) is -1.46. The zero-order valence-corrected chi connectivity index (χ0v) is 24.6. The van der Waals surface area contributed by atoms with Gasteiger partial charge in [-0.3, -0.25) is 0 Å². The Morgan fingerprint density at radius 1 is 0.683 bits per heavy atom. The van der Waals surface area contributed by atoms with Crippen molar-refractivity contribution in [2.75, 3.05) is 6.61 Å². The van der Waals surface area contributed by atoms with E-state index in [9.17, 15) is 14.0 Å². The quantitative estimate of drug-likeness (QED) is 0.0931. The molecule has 0 saturated carbocycles. The van der Waals surface area contributed by atoms with Gasteiger partial charge in [-0.25, -0.2) is 14.0 Å². The van der Waals surface area contributed by atoms with Crippen LogP contribution in [-0.4, -0.2) is 24.6 Å². The monoisotopic (exact) mass is 562 g/mol. The van der Waals surface area contributed by atoms with Crippen molar-refractivity contribution < 1.29 is 28.2 Å². The van der Waals surface area contributed by atoms with Gasteiger partial charge in [-0.2, -0.15) is 0 Å². The van der Waals surface area contributed by atoms with Crippen molar-refractivity contribution in [1.29, 1.82) is 0 Å². The van der Waals surface area contributed by atoms with Gasteiger partial charge in [0, 0.05) is 0 Å². The van der Waals surface area contributed by atoms with Crippen molar-refractivity contribution in [3.8, 4) is 22.6 Å². The number of rotatable bonds is 17. The number of ether oxygens (including phenoxy) is 3. The van der Waals surface area contributed by atoms with Crippen molar-refractivity contribution in [1.82, 2.24) is 0 Å². The van der Waals surface area contributed by atoms with E-state index in [1.165, 1.54) is 31.4 Å². The highest BCUT2D eigenvalue weighted by Crippen LogP contribution is 2.25. The first-order valence-electron chi connectivity index (χ1n) is 15.0. The molecule has 5 nitrogen and oxygen atoms in total. The second kappa shape index (κ2) is 17.2. The first-order chi connectivity index (χ1) is 19.9. The second-order valence-corrected chi connectivity index (χ2v) is 10.4. The molecule has 0 aliphatic heterocycles. The lowest BCUT2D eigenvalue weighted by atomic mass is 10.0. The van der Waals surface area contributed by atoms with Gasteiger partial charge in [-0.15, -0.1) is 0 Å². The topological polar surface area (TPSA) is 61.8 Å². The van der Waals surface area contributed by atoms with Crippen molar-refractivity contribution >= 4 is 11.9 Å². The van der Waals surface area contributed by atoms with Crippen LogP contribution in [-0.2, 0) is 4.74 Å². The third-order valence-corrected chi connectivity index (χ3v) is 6.98. The Morgan fingerprint density at radius 2 is 1.27 bits per heavy atom. The minimum atomic E-state index is -0.796. The summed E-state index contributed by atoms with van der Waals surface area (Å²) >= 11 is 0. The molecule has 0 N–H and O–H groups in total. The highest BCUT2D eigenvalue weighted by Gasteiger charge is 2.19. The molecule has 0 aliphatic carbocycles. The smallest absolute Gasteiger partial charge is 0.343 e. The number of benzene rings is 3. The van der Waals surface area contributed by atoms with E-state index in [0.717, 1.165) is 67.9 Å². The van der Waals surface area contributed by atoms with E-state index in [0.29, 0.717) is 12.2 Å². The van der Waals surface area contributed by atoms with Gasteiger partial charge in [0.1, 0.15) is 11.9 Å². The average Bonchev–Trinajstić information content (AvgIpc) is 2.99. The maximum atomic E-state index is 14.8. The molecule has 0 heterocycles. The lowest BCUT2D eigenvalue weighted by Gasteiger charge is -2.17. The van der Waals surface area contributed by atoms with Gasteiger partial charge in [-0.1, -0.05) is 90.0 Å². The fourth-order valence-electron chi connectivity index (χ4n) is 4.48. The molecule has 6 heteroatoms. The van der Waals surface area contributed by atoms with Crippen LogP contribution in [0.5, 0.6) is 11.5 Å². The van der Waals surface area contributed by atoms with E-state index < -0.39 is 17.8 Å². The van der Waals surface area contributed by atoms with Gasteiger partial charge in [0.25, 0.3) is 0 Å². The molecule has 41 heavy (non-hydrogen) atoms. The Morgan fingerprint density at radius 3 is 1.85 bits per heavy atom. The molecular formula is C35H43FO5. The Labute approximate surface area is 244 Å². The van der Waals surface area contributed by atoms with Gasteiger partial charge >= 0.3 is 11.9 Å².